The van der Waals surface area contributed by atoms with E-state index in [-0.39, 0.29) is 5.91 Å². The zero-order chi connectivity index (χ0) is 28.6. The maximum atomic E-state index is 12.0. The van der Waals surface area contributed by atoms with Crippen molar-refractivity contribution in [3.05, 3.63) is 77.9 Å². The third-order valence-corrected chi connectivity index (χ3v) is 7.55. The summed E-state index contributed by atoms with van der Waals surface area (Å²) in [5.74, 6) is 1.00. The second-order valence-corrected chi connectivity index (χ2v) is 11.2. The van der Waals surface area contributed by atoms with Gasteiger partial charge in [0.2, 0.25) is 11.9 Å². The zero-order valence-electron chi connectivity index (χ0n) is 23.5. The van der Waals surface area contributed by atoms with Gasteiger partial charge in [-0.15, -0.1) is 0 Å². The number of halogens is 1. The lowest BCUT2D eigenvalue weighted by Crippen LogP contribution is -2.33. The minimum atomic E-state index is -0.154. The van der Waals surface area contributed by atoms with E-state index in [1.54, 1.807) is 18.5 Å². The van der Waals surface area contributed by atoms with Crippen LogP contribution in [0.15, 0.2) is 67.1 Å². The van der Waals surface area contributed by atoms with Crippen LogP contribution in [-0.4, -0.2) is 64.0 Å². The van der Waals surface area contributed by atoms with Gasteiger partial charge >= 0.3 is 0 Å². The number of carbonyl (C=O) groups excluding carboxylic acids is 1. The Morgan fingerprint density at radius 3 is 2.85 bits per heavy atom. The first-order chi connectivity index (χ1) is 19.9. The number of H-pyrrole nitrogens is 1. The van der Waals surface area contributed by atoms with Gasteiger partial charge < -0.3 is 25.8 Å². The Morgan fingerprint density at radius 1 is 1.15 bits per heavy atom. The molecule has 1 aromatic carbocycles. The number of amides is 1. The van der Waals surface area contributed by atoms with Gasteiger partial charge in [-0.05, 0) is 64.0 Å². The molecule has 0 saturated heterocycles. The van der Waals surface area contributed by atoms with E-state index < -0.39 is 0 Å². The van der Waals surface area contributed by atoms with E-state index in [2.05, 4.69) is 37.0 Å². The highest BCUT2D eigenvalue weighted by molar-refractivity contribution is 6.33. The Bertz CT molecular complexity index is 1480. The Labute approximate surface area is 245 Å². The molecule has 4 aromatic rings. The van der Waals surface area contributed by atoms with Crippen molar-refractivity contribution in [2.75, 3.05) is 37.8 Å². The van der Waals surface area contributed by atoms with Crippen LogP contribution in [0, 0.1) is 5.92 Å². The average molecular weight is 573 g/mol. The van der Waals surface area contributed by atoms with E-state index in [9.17, 15) is 4.79 Å². The van der Waals surface area contributed by atoms with Gasteiger partial charge in [-0.2, -0.15) is 0 Å². The quantitative estimate of drug-likeness (QED) is 0.176. The fraction of sp³-hybridized carbons (Fsp3) is 0.355. The molecular weight excluding hydrogens is 536 g/mol. The summed E-state index contributed by atoms with van der Waals surface area (Å²) in [5, 5.41) is 11.6. The van der Waals surface area contributed by atoms with Crippen LogP contribution in [0.1, 0.15) is 31.4 Å². The summed E-state index contributed by atoms with van der Waals surface area (Å²) in [6.45, 7) is 2.31. The number of rotatable bonds is 11. The highest BCUT2D eigenvalue weighted by Gasteiger charge is 2.23. The predicted octanol–water partition coefficient (Wildman–Crippen LogP) is 5.49. The lowest BCUT2D eigenvalue weighted by atomic mass is 9.85. The molecule has 1 fully saturated rings. The minimum Gasteiger partial charge on any atom is -0.360 e. The smallest absolute Gasteiger partial charge is 0.248 e. The second-order valence-electron chi connectivity index (χ2n) is 10.8. The van der Waals surface area contributed by atoms with E-state index in [1.807, 2.05) is 61.6 Å². The van der Waals surface area contributed by atoms with Gasteiger partial charge in [0.15, 0.2) is 0 Å². The van der Waals surface area contributed by atoms with Crippen LogP contribution in [0.4, 0.5) is 11.6 Å². The molecule has 3 heterocycles. The number of anilines is 2. The van der Waals surface area contributed by atoms with Crippen LogP contribution in [0.3, 0.4) is 0 Å². The fourth-order valence-corrected chi connectivity index (χ4v) is 5.44. The molecule has 0 unspecified atom stereocenters. The third kappa shape index (κ3) is 7.91. The Kier molecular flexibility index (Phi) is 9.61. The number of nitrogens with zero attached hydrogens (tertiary/aromatic N) is 4. The summed E-state index contributed by atoms with van der Waals surface area (Å²) in [6, 6.07) is 12.3. The maximum Gasteiger partial charge on any atom is 0.248 e. The van der Waals surface area contributed by atoms with Crippen molar-refractivity contribution >= 4 is 40.0 Å². The summed E-state index contributed by atoms with van der Waals surface area (Å²) < 4.78 is 0. The lowest BCUT2D eigenvalue weighted by Gasteiger charge is -2.30. The number of nitrogens with one attached hydrogen (secondary N) is 4. The highest BCUT2D eigenvalue weighted by Crippen LogP contribution is 2.33. The van der Waals surface area contributed by atoms with E-state index in [0.717, 1.165) is 60.2 Å². The summed E-state index contributed by atoms with van der Waals surface area (Å²) >= 11 is 6.52. The molecular formula is C31H37ClN8O. The van der Waals surface area contributed by atoms with Crippen molar-refractivity contribution in [3.63, 3.8) is 0 Å². The van der Waals surface area contributed by atoms with Crippen molar-refractivity contribution in [2.45, 2.75) is 38.3 Å². The van der Waals surface area contributed by atoms with Gasteiger partial charge in [0.1, 0.15) is 0 Å². The molecule has 0 bridgehead atoms. The monoisotopic (exact) mass is 572 g/mol. The van der Waals surface area contributed by atoms with Crippen molar-refractivity contribution < 1.29 is 4.79 Å². The second kappa shape index (κ2) is 13.7. The van der Waals surface area contributed by atoms with Crippen molar-refractivity contribution in [1.82, 2.24) is 30.2 Å². The molecule has 1 aliphatic rings. The summed E-state index contributed by atoms with van der Waals surface area (Å²) in [7, 11) is 3.92. The number of carbonyl (C=O) groups is 1. The van der Waals surface area contributed by atoms with Gasteiger partial charge in [0, 0.05) is 47.9 Å². The lowest BCUT2D eigenvalue weighted by molar-refractivity contribution is -0.111. The molecule has 0 aliphatic heterocycles. The zero-order valence-corrected chi connectivity index (χ0v) is 24.3. The van der Waals surface area contributed by atoms with Crippen molar-refractivity contribution in [3.8, 4) is 11.3 Å². The molecule has 41 heavy (non-hydrogen) atoms. The van der Waals surface area contributed by atoms with Crippen LogP contribution in [0.25, 0.3) is 22.2 Å². The number of para-hydroxylation sites is 1. The van der Waals surface area contributed by atoms with E-state index in [4.69, 9.17) is 16.6 Å². The highest BCUT2D eigenvalue weighted by atomic mass is 35.5. The normalized spacial score (nSPS) is 17.4. The number of aromatic amines is 1. The van der Waals surface area contributed by atoms with Crippen LogP contribution in [0.5, 0.6) is 0 Å². The molecule has 2 atom stereocenters. The minimum absolute atomic E-state index is 0.154. The Balaban J connectivity index is 1.10. The van der Waals surface area contributed by atoms with Crippen LogP contribution in [0.2, 0.25) is 5.02 Å². The molecule has 0 spiro atoms. The van der Waals surface area contributed by atoms with Gasteiger partial charge in [0.05, 0.1) is 34.5 Å². The Hall–Kier alpha value is -3.79. The fourth-order valence-electron chi connectivity index (χ4n) is 5.24. The van der Waals surface area contributed by atoms with E-state index in [0.29, 0.717) is 35.2 Å². The number of aromatic nitrogens is 4. The molecule has 3 aromatic heterocycles. The van der Waals surface area contributed by atoms with Crippen LogP contribution < -0.4 is 16.0 Å². The molecule has 1 amide bonds. The average Bonchev–Trinajstić information content (AvgIpc) is 3.39. The number of hydrogen-bond donors (Lipinski definition) is 4. The molecule has 1 saturated carbocycles. The number of benzene rings is 1. The first kappa shape index (κ1) is 28.7. The van der Waals surface area contributed by atoms with Crippen molar-refractivity contribution in [2.24, 2.45) is 5.92 Å². The molecule has 9 nitrogen and oxygen atoms in total. The molecule has 5 rings (SSSR count). The predicted molar refractivity (Wildman–Crippen MR) is 166 cm³/mol. The van der Waals surface area contributed by atoms with Crippen LogP contribution >= 0.6 is 11.6 Å². The molecule has 214 valence electrons. The third-order valence-electron chi connectivity index (χ3n) is 7.28. The number of fused-ring (bicyclic) bond motifs is 1. The van der Waals surface area contributed by atoms with Crippen LogP contribution in [-0.2, 0) is 11.3 Å². The van der Waals surface area contributed by atoms with Gasteiger partial charge in [-0.3, -0.25) is 9.78 Å². The summed E-state index contributed by atoms with van der Waals surface area (Å²) in [6.07, 6.45) is 13.2. The van der Waals surface area contributed by atoms with Gasteiger partial charge in [-0.25, -0.2) is 9.97 Å². The van der Waals surface area contributed by atoms with Gasteiger partial charge in [-0.1, -0.05) is 42.3 Å². The topological polar surface area (TPSA) is 111 Å². The van der Waals surface area contributed by atoms with Gasteiger partial charge in [0.25, 0.3) is 0 Å². The number of hydrogen-bond acceptors (Lipinski definition) is 7. The number of pyridine rings is 1. The standard InChI is InChI=1S/C31H37ClN8O/c1-40(2)14-6-11-29(41)37-24-13-12-23(34-18-24)17-33-16-21-7-5-8-22(15-21)38-31-36-20-27(32)30(39-31)26-19-35-28-10-4-3-9-25(26)28/h3-4,6,9-13,18-22,33,35H,5,7-8,14-17H2,1-2H3,(H,37,41)(H,36,38,39)/b11-6+/t21-,22+/m0/s1. The summed E-state index contributed by atoms with van der Waals surface area (Å²) in [5.41, 5.74) is 4.38. The van der Waals surface area contributed by atoms with E-state index >= 15 is 0 Å². The summed E-state index contributed by atoms with van der Waals surface area (Å²) in [4.78, 5) is 31.1. The van der Waals surface area contributed by atoms with E-state index in [1.165, 1.54) is 6.42 Å². The Morgan fingerprint density at radius 2 is 2.02 bits per heavy atom. The molecule has 1 aliphatic carbocycles. The first-order valence-electron chi connectivity index (χ1n) is 14.1. The first-order valence-corrected chi connectivity index (χ1v) is 14.5. The molecule has 0 radical (unpaired) electrons. The SMILES string of the molecule is CN(C)C/C=C/C(=O)Nc1ccc(CNC[C@H]2CCC[C@@H](Nc3ncc(Cl)c(-c4c[nH]c5ccccc45)n3)C2)nc1. The molecule has 4 N–H and O–H groups in total. The van der Waals surface area contributed by atoms with Crippen molar-refractivity contribution in [1.29, 1.82) is 0 Å². The number of likely N-dealkylation sites (N-methyl/N-ethyl adjacent to an activating group) is 1. The molecule has 10 heteroatoms. The maximum absolute atomic E-state index is 12.0. The largest absolute Gasteiger partial charge is 0.360 e.